The second-order valence-electron chi connectivity index (χ2n) is 14.1. The average molecular weight is 687 g/mol. The maximum absolute atomic E-state index is 2.46. The number of aromatic nitrogens is 2. The standard InChI is InChI=1S/C52H34N2/c1-2-16-35(17-3-1)38-20-4-9-27-46(38)54-49-30-12-7-23-42(49)44-33-32-37(34-51(44)54)39-25-14-18-36-19-15-26-45(52(36)39)43-24-8-13-31-50(43)53-47-28-10-5-21-40(47)41-22-6-11-29-48(41)53/h1-34H. The van der Waals surface area contributed by atoms with Gasteiger partial charge in [-0.2, -0.15) is 0 Å². The molecule has 54 heavy (non-hydrogen) atoms. The molecule has 0 aliphatic carbocycles. The van der Waals surface area contributed by atoms with Gasteiger partial charge in [0.15, 0.2) is 0 Å². The molecule has 2 nitrogen and oxygen atoms in total. The highest BCUT2D eigenvalue weighted by molar-refractivity contribution is 6.14. The largest absolute Gasteiger partial charge is 0.309 e. The highest BCUT2D eigenvalue weighted by Gasteiger charge is 2.20. The molecule has 0 saturated heterocycles. The van der Waals surface area contributed by atoms with Crippen LogP contribution in [-0.4, -0.2) is 9.13 Å². The number of hydrogen-bond donors (Lipinski definition) is 0. The van der Waals surface area contributed by atoms with Crippen molar-refractivity contribution in [3.8, 4) is 44.8 Å². The Kier molecular flexibility index (Phi) is 6.90. The van der Waals surface area contributed by atoms with E-state index in [0.29, 0.717) is 0 Å². The molecule has 0 spiro atoms. The first-order chi connectivity index (χ1) is 26.8. The third kappa shape index (κ3) is 4.60. The molecule has 0 aliphatic heterocycles. The molecule has 0 aliphatic rings. The summed E-state index contributed by atoms with van der Waals surface area (Å²) in [6.07, 6.45) is 0. The minimum Gasteiger partial charge on any atom is -0.309 e. The molecule has 0 bridgehead atoms. The molecular weight excluding hydrogens is 653 g/mol. The maximum atomic E-state index is 2.46. The van der Waals surface area contributed by atoms with Crippen LogP contribution in [0.1, 0.15) is 0 Å². The molecule has 2 heteroatoms. The van der Waals surface area contributed by atoms with Gasteiger partial charge in [0.25, 0.3) is 0 Å². The number of fused-ring (bicyclic) bond motifs is 7. The van der Waals surface area contributed by atoms with Gasteiger partial charge in [0.05, 0.1) is 33.4 Å². The summed E-state index contributed by atoms with van der Waals surface area (Å²) in [5.41, 5.74) is 14.4. The van der Waals surface area contributed by atoms with Gasteiger partial charge >= 0.3 is 0 Å². The Morgan fingerprint density at radius 2 is 0.722 bits per heavy atom. The van der Waals surface area contributed by atoms with Gasteiger partial charge in [-0.05, 0) is 69.4 Å². The lowest BCUT2D eigenvalue weighted by molar-refractivity contribution is 1.18. The first-order valence-corrected chi connectivity index (χ1v) is 18.6. The van der Waals surface area contributed by atoms with Crippen molar-refractivity contribution < 1.29 is 0 Å². The first kappa shape index (κ1) is 30.5. The van der Waals surface area contributed by atoms with Gasteiger partial charge in [-0.15, -0.1) is 0 Å². The average Bonchev–Trinajstić information content (AvgIpc) is 3.76. The van der Waals surface area contributed by atoms with E-state index in [0.717, 1.165) is 0 Å². The molecule has 0 radical (unpaired) electrons. The number of hydrogen-bond acceptors (Lipinski definition) is 0. The Morgan fingerprint density at radius 3 is 1.37 bits per heavy atom. The molecule has 11 aromatic rings. The Bertz CT molecular complexity index is 3160. The molecule has 0 N–H and O–H groups in total. The number of para-hydroxylation sites is 5. The van der Waals surface area contributed by atoms with Gasteiger partial charge in [0, 0.05) is 32.7 Å². The predicted octanol–water partition coefficient (Wildman–Crippen LogP) is 14.0. The quantitative estimate of drug-likeness (QED) is 0.171. The number of rotatable bonds is 5. The van der Waals surface area contributed by atoms with E-state index in [1.165, 1.54) is 99.1 Å². The van der Waals surface area contributed by atoms with E-state index in [9.17, 15) is 0 Å². The fraction of sp³-hybridized carbons (Fsp3) is 0. The van der Waals surface area contributed by atoms with Crippen LogP contribution in [0, 0.1) is 0 Å². The van der Waals surface area contributed by atoms with Crippen LogP contribution in [0.15, 0.2) is 206 Å². The van der Waals surface area contributed by atoms with Gasteiger partial charge in [-0.3, -0.25) is 0 Å². The van der Waals surface area contributed by atoms with Crippen LogP contribution in [0.4, 0.5) is 0 Å². The molecule has 0 amide bonds. The van der Waals surface area contributed by atoms with Crippen molar-refractivity contribution in [3.63, 3.8) is 0 Å². The highest BCUT2D eigenvalue weighted by Crippen LogP contribution is 2.43. The van der Waals surface area contributed by atoms with Gasteiger partial charge in [0.1, 0.15) is 0 Å². The van der Waals surface area contributed by atoms with E-state index >= 15 is 0 Å². The SMILES string of the molecule is c1ccc(-c2ccccc2-n2c3ccccc3c3ccc(-c4cccc5cccc(-c6ccccc6-n6c7ccccc7c7ccccc76)c45)cc32)cc1. The highest BCUT2D eigenvalue weighted by atomic mass is 15.0. The van der Waals surface area contributed by atoms with Crippen LogP contribution in [0.25, 0.3) is 99.1 Å². The van der Waals surface area contributed by atoms with Crippen molar-refractivity contribution in [1.29, 1.82) is 0 Å². The summed E-state index contributed by atoms with van der Waals surface area (Å²) in [7, 11) is 0. The fourth-order valence-electron chi connectivity index (χ4n) is 8.81. The molecule has 11 rings (SSSR count). The van der Waals surface area contributed by atoms with E-state index in [1.807, 2.05) is 0 Å². The van der Waals surface area contributed by atoms with Gasteiger partial charge in [-0.1, -0.05) is 170 Å². The van der Waals surface area contributed by atoms with Gasteiger partial charge < -0.3 is 9.13 Å². The van der Waals surface area contributed by atoms with Crippen molar-refractivity contribution in [2.75, 3.05) is 0 Å². The van der Waals surface area contributed by atoms with Crippen molar-refractivity contribution in [2.24, 2.45) is 0 Å². The topological polar surface area (TPSA) is 9.86 Å². The van der Waals surface area contributed by atoms with Crippen molar-refractivity contribution in [1.82, 2.24) is 9.13 Å². The number of nitrogens with zero attached hydrogens (tertiary/aromatic N) is 2. The zero-order chi connectivity index (χ0) is 35.6. The second kappa shape index (κ2) is 12.2. The zero-order valence-corrected chi connectivity index (χ0v) is 29.5. The van der Waals surface area contributed by atoms with Crippen LogP contribution >= 0.6 is 0 Å². The normalized spacial score (nSPS) is 11.7. The number of benzene rings is 9. The van der Waals surface area contributed by atoms with E-state index in [4.69, 9.17) is 0 Å². The van der Waals surface area contributed by atoms with E-state index < -0.39 is 0 Å². The lowest BCUT2D eigenvalue weighted by atomic mass is 9.90. The minimum absolute atomic E-state index is 1.17. The smallest absolute Gasteiger partial charge is 0.0547 e. The Morgan fingerprint density at radius 1 is 0.259 bits per heavy atom. The Balaban J connectivity index is 1.17. The van der Waals surface area contributed by atoms with Crippen molar-refractivity contribution in [2.45, 2.75) is 0 Å². The van der Waals surface area contributed by atoms with E-state index in [2.05, 4.69) is 215 Å². The van der Waals surface area contributed by atoms with Crippen molar-refractivity contribution >= 4 is 54.4 Å². The van der Waals surface area contributed by atoms with E-state index in [-0.39, 0.29) is 0 Å². The first-order valence-electron chi connectivity index (χ1n) is 18.6. The van der Waals surface area contributed by atoms with Crippen LogP contribution in [0.3, 0.4) is 0 Å². The lowest BCUT2D eigenvalue weighted by Crippen LogP contribution is -1.98. The lowest BCUT2D eigenvalue weighted by Gasteiger charge is -2.18. The third-order valence-corrected chi connectivity index (χ3v) is 11.1. The predicted molar refractivity (Wildman–Crippen MR) is 229 cm³/mol. The summed E-state index contributed by atoms with van der Waals surface area (Å²) in [5, 5.41) is 7.49. The maximum Gasteiger partial charge on any atom is 0.0547 e. The van der Waals surface area contributed by atoms with E-state index in [1.54, 1.807) is 0 Å². The van der Waals surface area contributed by atoms with Crippen molar-refractivity contribution in [3.05, 3.63) is 206 Å². The zero-order valence-electron chi connectivity index (χ0n) is 29.5. The molecule has 2 aromatic heterocycles. The summed E-state index contributed by atoms with van der Waals surface area (Å²) in [5.74, 6) is 0. The molecule has 9 aromatic carbocycles. The molecule has 0 atom stereocenters. The monoisotopic (exact) mass is 686 g/mol. The van der Waals surface area contributed by atoms with Crippen LogP contribution < -0.4 is 0 Å². The fourth-order valence-corrected chi connectivity index (χ4v) is 8.81. The third-order valence-electron chi connectivity index (χ3n) is 11.1. The Labute approximate surface area is 313 Å². The van der Waals surface area contributed by atoms with Crippen LogP contribution in [0.2, 0.25) is 0 Å². The molecule has 2 heterocycles. The van der Waals surface area contributed by atoms with Gasteiger partial charge in [0.2, 0.25) is 0 Å². The van der Waals surface area contributed by atoms with Crippen LogP contribution in [0.5, 0.6) is 0 Å². The summed E-state index contributed by atoms with van der Waals surface area (Å²) in [4.78, 5) is 0. The minimum atomic E-state index is 1.17. The molecule has 0 saturated carbocycles. The molecular formula is C52H34N2. The summed E-state index contributed by atoms with van der Waals surface area (Å²) >= 11 is 0. The second-order valence-corrected chi connectivity index (χ2v) is 14.1. The molecule has 0 fully saturated rings. The molecule has 252 valence electrons. The Hall–Kier alpha value is -7.16. The summed E-state index contributed by atoms with van der Waals surface area (Å²) in [6.45, 7) is 0. The summed E-state index contributed by atoms with van der Waals surface area (Å²) < 4.78 is 4.90. The summed E-state index contributed by atoms with van der Waals surface area (Å²) in [6, 6.07) is 75.2. The van der Waals surface area contributed by atoms with Crippen LogP contribution in [-0.2, 0) is 0 Å². The van der Waals surface area contributed by atoms with Gasteiger partial charge in [-0.25, -0.2) is 0 Å². The molecule has 0 unspecified atom stereocenters.